The molecule has 0 spiro atoms. The topological polar surface area (TPSA) is 163 Å². The molecule has 14 heteroatoms. The van der Waals surface area contributed by atoms with Crippen molar-refractivity contribution >= 4 is 17.7 Å². The van der Waals surface area contributed by atoms with Gasteiger partial charge in [-0.15, -0.1) is 5.10 Å². The van der Waals surface area contributed by atoms with E-state index in [2.05, 4.69) is 25.4 Å². The molecule has 0 aliphatic rings. The van der Waals surface area contributed by atoms with Gasteiger partial charge in [-0.3, -0.25) is 0 Å². The number of nitrogens with one attached hydrogen (secondary N) is 1. The molecule has 0 fully saturated rings. The van der Waals surface area contributed by atoms with Crippen LogP contribution in [0.2, 0.25) is 0 Å². The fraction of sp³-hybridized carbons (Fsp3) is 0.481. The van der Waals surface area contributed by atoms with Crippen LogP contribution >= 0.6 is 0 Å². The van der Waals surface area contributed by atoms with Crippen LogP contribution in [0.3, 0.4) is 0 Å². The number of nitrogens with two attached hydrogens (primary N) is 1. The summed E-state index contributed by atoms with van der Waals surface area (Å²) in [5.74, 6) is 2.61. The summed E-state index contributed by atoms with van der Waals surface area (Å²) in [6.45, 7) is 5.86. The summed E-state index contributed by atoms with van der Waals surface area (Å²) >= 11 is 0. The molecule has 3 N–H and O–H groups in total. The monoisotopic (exact) mass is 571 g/mol. The second kappa shape index (κ2) is 17.1. The van der Waals surface area contributed by atoms with Gasteiger partial charge in [-0.05, 0) is 36.2 Å². The maximum atomic E-state index is 6.04. The Hall–Kier alpha value is -3.82. The van der Waals surface area contributed by atoms with E-state index in [9.17, 15) is 0 Å². The lowest BCUT2D eigenvalue weighted by Crippen LogP contribution is -2.14. The molecule has 0 radical (unpaired) electrons. The molecule has 14 nitrogen and oxygen atoms in total. The number of fused-ring (bicyclic) bond motifs is 1. The largest absolute Gasteiger partial charge is 0.491 e. The zero-order chi connectivity index (χ0) is 28.5. The Morgan fingerprint density at radius 1 is 0.805 bits per heavy atom. The van der Waals surface area contributed by atoms with Gasteiger partial charge in [-0.1, -0.05) is 12.1 Å². The number of anilines is 2. The van der Waals surface area contributed by atoms with Crippen molar-refractivity contribution < 1.29 is 32.8 Å². The molecule has 41 heavy (non-hydrogen) atoms. The Labute approximate surface area is 238 Å². The number of hydrogen-bond acceptors (Lipinski definition) is 13. The minimum atomic E-state index is 0.182. The van der Waals surface area contributed by atoms with Gasteiger partial charge in [0.05, 0.1) is 65.7 Å². The van der Waals surface area contributed by atoms with Crippen molar-refractivity contribution in [1.82, 2.24) is 24.6 Å². The van der Waals surface area contributed by atoms with Gasteiger partial charge in [0.25, 0.3) is 5.78 Å². The number of aromatic nitrogens is 5. The first-order valence-corrected chi connectivity index (χ1v) is 13.4. The fourth-order valence-electron chi connectivity index (χ4n) is 3.59. The highest BCUT2D eigenvalue weighted by Gasteiger charge is 2.13. The summed E-state index contributed by atoms with van der Waals surface area (Å²) in [7, 11) is 1.64. The first kappa shape index (κ1) is 30.1. The Bertz CT molecular complexity index is 1270. The van der Waals surface area contributed by atoms with Gasteiger partial charge in [0, 0.05) is 13.7 Å². The van der Waals surface area contributed by atoms with Gasteiger partial charge in [-0.25, -0.2) is 0 Å². The van der Waals surface area contributed by atoms with E-state index in [4.69, 9.17) is 38.6 Å². The SMILES string of the molecule is COCCOCCOCCOCCOCCOc1ccc(CCNc2nc(N)n3nc(-c4ccco4)nc3n2)cc1. The molecule has 3 heterocycles. The maximum Gasteiger partial charge on any atom is 0.259 e. The van der Waals surface area contributed by atoms with Crippen LogP contribution in [-0.2, 0) is 30.1 Å². The molecular weight excluding hydrogens is 534 g/mol. The number of ether oxygens (including phenoxy) is 6. The van der Waals surface area contributed by atoms with Crippen LogP contribution in [0.5, 0.6) is 5.75 Å². The van der Waals surface area contributed by atoms with Gasteiger partial charge in [-0.2, -0.15) is 19.5 Å². The van der Waals surface area contributed by atoms with Gasteiger partial charge in [0.2, 0.25) is 17.7 Å². The highest BCUT2D eigenvalue weighted by molar-refractivity contribution is 5.52. The molecule has 0 aliphatic carbocycles. The van der Waals surface area contributed by atoms with Crippen molar-refractivity contribution in [3.8, 4) is 17.3 Å². The predicted octanol–water partition coefficient (Wildman–Crippen LogP) is 2.11. The number of nitrogen functional groups attached to an aromatic ring is 1. The van der Waals surface area contributed by atoms with E-state index in [0.29, 0.717) is 95.9 Å². The van der Waals surface area contributed by atoms with Crippen molar-refractivity contribution in [3.05, 3.63) is 48.2 Å². The molecule has 0 aliphatic heterocycles. The summed E-state index contributed by atoms with van der Waals surface area (Å²) in [4.78, 5) is 13.0. The molecule has 4 rings (SSSR count). The summed E-state index contributed by atoms with van der Waals surface area (Å²) in [6.07, 6.45) is 2.31. The quantitative estimate of drug-likeness (QED) is 0.140. The third-order valence-electron chi connectivity index (χ3n) is 5.64. The standard InChI is InChI=1S/C27H37N7O7/c1-35-11-12-36-13-14-37-15-16-38-17-18-39-19-20-40-22-6-4-21(5-7-22)8-9-29-26-31-25(28)34-27(32-26)30-24(33-34)23-3-2-10-41-23/h2-7,10H,8-9,11-20H2,1H3,(H3,28,29,30,31,32,33). The number of benzene rings is 1. The summed E-state index contributed by atoms with van der Waals surface area (Å²) in [5.41, 5.74) is 7.17. The molecule has 4 aromatic rings. The van der Waals surface area contributed by atoms with E-state index in [1.165, 1.54) is 4.52 Å². The van der Waals surface area contributed by atoms with Crippen molar-refractivity contribution in [2.24, 2.45) is 0 Å². The Balaban J connectivity index is 1.04. The third-order valence-corrected chi connectivity index (χ3v) is 5.64. The normalized spacial score (nSPS) is 11.3. The van der Waals surface area contributed by atoms with E-state index in [1.54, 1.807) is 25.5 Å². The lowest BCUT2D eigenvalue weighted by atomic mass is 10.1. The summed E-state index contributed by atoms with van der Waals surface area (Å²) in [5, 5.41) is 7.48. The van der Waals surface area contributed by atoms with Crippen molar-refractivity contribution in [1.29, 1.82) is 0 Å². The zero-order valence-electron chi connectivity index (χ0n) is 23.2. The molecule has 0 saturated heterocycles. The Morgan fingerprint density at radius 3 is 2.10 bits per heavy atom. The fourth-order valence-corrected chi connectivity index (χ4v) is 3.59. The van der Waals surface area contributed by atoms with Gasteiger partial charge in [0.1, 0.15) is 12.4 Å². The van der Waals surface area contributed by atoms with E-state index in [-0.39, 0.29) is 5.95 Å². The zero-order valence-corrected chi connectivity index (χ0v) is 23.2. The minimum absolute atomic E-state index is 0.182. The van der Waals surface area contributed by atoms with Crippen LogP contribution < -0.4 is 15.8 Å². The van der Waals surface area contributed by atoms with Crippen LogP contribution in [0, 0.1) is 0 Å². The average Bonchev–Trinajstić information content (AvgIpc) is 3.67. The minimum Gasteiger partial charge on any atom is -0.491 e. The molecule has 222 valence electrons. The Kier molecular flexibility index (Phi) is 12.6. The lowest BCUT2D eigenvalue weighted by Gasteiger charge is -2.09. The predicted molar refractivity (Wildman–Crippen MR) is 150 cm³/mol. The van der Waals surface area contributed by atoms with E-state index in [0.717, 1.165) is 17.7 Å². The number of furan rings is 1. The first-order chi connectivity index (χ1) is 20.2. The van der Waals surface area contributed by atoms with Crippen molar-refractivity contribution in [2.75, 3.05) is 90.8 Å². The number of nitrogens with zero attached hydrogens (tertiary/aromatic N) is 5. The molecule has 1 aromatic carbocycles. The highest BCUT2D eigenvalue weighted by atomic mass is 16.6. The van der Waals surface area contributed by atoms with Gasteiger partial charge >= 0.3 is 0 Å². The number of hydrogen-bond donors (Lipinski definition) is 2. The maximum absolute atomic E-state index is 6.04. The van der Waals surface area contributed by atoms with E-state index < -0.39 is 0 Å². The molecule has 0 atom stereocenters. The van der Waals surface area contributed by atoms with Gasteiger partial charge in [0.15, 0.2) is 5.76 Å². The van der Waals surface area contributed by atoms with Crippen molar-refractivity contribution in [3.63, 3.8) is 0 Å². The summed E-state index contributed by atoms with van der Waals surface area (Å²) < 4.78 is 39.1. The molecule has 0 amide bonds. The first-order valence-electron chi connectivity index (χ1n) is 13.4. The van der Waals surface area contributed by atoms with Crippen LogP contribution in [0.1, 0.15) is 5.56 Å². The second-order valence-corrected chi connectivity index (χ2v) is 8.64. The highest BCUT2D eigenvalue weighted by Crippen LogP contribution is 2.18. The van der Waals surface area contributed by atoms with E-state index >= 15 is 0 Å². The van der Waals surface area contributed by atoms with Gasteiger partial charge < -0.3 is 43.9 Å². The smallest absolute Gasteiger partial charge is 0.259 e. The van der Waals surface area contributed by atoms with E-state index in [1.807, 2.05) is 24.3 Å². The lowest BCUT2D eigenvalue weighted by molar-refractivity contribution is -0.00978. The average molecular weight is 572 g/mol. The molecule has 0 bridgehead atoms. The summed E-state index contributed by atoms with van der Waals surface area (Å²) in [6, 6.07) is 11.4. The number of methoxy groups -OCH3 is 1. The molecule has 3 aromatic heterocycles. The van der Waals surface area contributed by atoms with Crippen LogP contribution in [0.4, 0.5) is 11.9 Å². The van der Waals surface area contributed by atoms with Crippen LogP contribution in [0.25, 0.3) is 17.4 Å². The second-order valence-electron chi connectivity index (χ2n) is 8.64. The van der Waals surface area contributed by atoms with Crippen LogP contribution in [-0.4, -0.2) is 104 Å². The Morgan fingerprint density at radius 2 is 1.46 bits per heavy atom. The molecule has 0 saturated carbocycles. The number of rotatable bonds is 21. The third kappa shape index (κ3) is 10.3. The van der Waals surface area contributed by atoms with Crippen LogP contribution in [0.15, 0.2) is 47.1 Å². The molecule has 0 unspecified atom stereocenters. The molecular formula is C27H37N7O7. The van der Waals surface area contributed by atoms with Crippen molar-refractivity contribution in [2.45, 2.75) is 6.42 Å².